The van der Waals surface area contributed by atoms with Gasteiger partial charge in [0.2, 0.25) is 5.91 Å². The number of nitrogens with zero attached hydrogens (tertiary/aromatic N) is 2. The van der Waals surface area contributed by atoms with Crippen LogP contribution in [0.3, 0.4) is 0 Å². The van der Waals surface area contributed by atoms with Crippen LogP contribution in [0.5, 0.6) is 11.5 Å². The highest BCUT2D eigenvalue weighted by Crippen LogP contribution is 2.38. The fourth-order valence-electron chi connectivity index (χ4n) is 5.02. The molecular formula is C27H32N4O3. The number of benzene rings is 2. The minimum absolute atomic E-state index is 0.0529. The zero-order chi connectivity index (χ0) is 23.5. The van der Waals surface area contributed by atoms with Crippen LogP contribution in [0.4, 0.5) is 5.69 Å². The van der Waals surface area contributed by atoms with E-state index in [-0.39, 0.29) is 11.8 Å². The molecule has 2 N–H and O–H groups in total. The number of nitrogens with one attached hydrogen (secondary N) is 2. The van der Waals surface area contributed by atoms with Gasteiger partial charge in [-0.25, -0.2) is 4.98 Å². The smallest absolute Gasteiger partial charge is 0.225 e. The van der Waals surface area contributed by atoms with Crippen LogP contribution in [0.15, 0.2) is 48.5 Å². The second-order valence-electron chi connectivity index (χ2n) is 8.97. The molecule has 7 heteroatoms. The van der Waals surface area contributed by atoms with E-state index >= 15 is 0 Å². The number of hydrogen-bond acceptors (Lipinski definition) is 6. The molecule has 2 atom stereocenters. The number of piperidine rings is 1. The van der Waals surface area contributed by atoms with Gasteiger partial charge >= 0.3 is 0 Å². The van der Waals surface area contributed by atoms with Crippen LogP contribution in [0.2, 0.25) is 0 Å². The van der Waals surface area contributed by atoms with Gasteiger partial charge in [0.15, 0.2) is 0 Å². The summed E-state index contributed by atoms with van der Waals surface area (Å²) in [7, 11) is 1.91. The first-order valence-electron chi connectivity index (χ1n) is 12.1. The van der Waals surface area contributed by atoms with Gasteiger partial charge in [-0.2, -0.15) is 0 Å². The average molecular weight is 461 g/mol. The zero-order valence-electron chi connectivity index (χ0n) is 19.8. The number of ether oxygens (including phenoxy) is 2. The van der Waals surface area contributed by atoms with E-state index in [4.69, 9.17) is 14.5 Å². The maximum Gasteiger partial charge on any atom is 0.225 e. The Morgan fingerprint density at radius 2 is 1.91 bits per heavy atom. The van der Waals surface area contributed by atoms with Gasteiger partial charge in [0.05, 0.1) is 23.7 Å². The first-order chi connectivity index (χ1) is 16.7. The van der Waals surface area contributed by atoms with Crippen LogP contribution in [-0.2, 0) is 4.79 Å². The Labute approximate surface area is 200 Å². The minimum atomic E-state index is 0.0529. The summed E-state index contributed by atoms with van der Waals surface area (Å²) in [6.45, 7) is 6.42. The van der Waals surface area contributed by atoms with Gasteiger partial charge in [0.25, 0.3) is 0 Å². The zero-order valence-corrected chi connectivity index (χ0v) is 19.8. The minimum Gasteiger partial charge on any atom is -0.494 e. The van der Waals surface area contributed by atoms with E-state index in [9.17, 15) is 4.79 Å². The molecule has 178 valence electrons. The molecule has 0 bridgehead atoms. The van der Waals surface area contributed by atoms with Gasteiger partial charge in [-0.3, -0.25) is 4.79 Å². The van der Waals surface area contributed by atoms with Crippen molar-refractivity contribution in [1.82, 2.24) is 15.6 Å². The van der Waals surface area contributed by atoms with Crippen LogP contribution in [0.1, 0.15) is 13.3 Å². The molecule has 0 aliphatic carbocycles. The topological polar surface area (TPSA) is 75.7 Å². The molecule has 1 aromatic heterocycles. The molecule has 2 unspecified atom stereocenters. The van der Waals surface area contributed by atoms with Gasteiger partial charge in [-0.1, -0.05) is 0 Å². The van der Waals surface area contributed by atoms with Gasteiger partial charge in [0, 0.05) is 48.9 Å². The molecule has 1 amide bonds. The molecule has 3 aromatic rings. The van der Waals surface area contributed by atoms with Crippen LogP contribution < -0.4 is 25.0 Å². The highest BCUT2D eigenvalue weighted by Gasteiger charge is 2.40. The van der Waals surface area contributed by atoms with E-state index < -0.39 is 0 Å². The molecule has 34 heavy (non-hydrogen) atoms. The number of amides is 1. The SMILES string of the molecule is CCOc1ccc2c(N3CC4CCNC(=O)C4C3)cc(-c3ccc(OCCNC)cc3)nc2c1. The van der Waals surface area contributed by atoms with E-state index in [1.165, 1.54) is 0 Å². The van der Waals surface area contributed by atoms with Crippen molar-refractivity contribution in [3.8, 4) is 22.8 Å². The number of fused-ring (bicyclic) bond motifs is 2. The number of hydrogen-bond donors (Lipinski definition) is 2. The van der Waals surface area contributed by atoms with Crippen molar-refractivity contribution in [1.29, 1.82) is 0 Å². The number of carbonyl (C=O) groups is 1. The molecular weight excluding hydrogens is 428 g/mol. The third-order valence-corrected chi connectivity index (χ3v) is 6.77. The Hall–Kier alpha value is -3.32. The summed E-state index contributed by atoms with van der Waals surface area (Å²) < 4.78 is 11.5. The average Bonchev–Trinajstić information content (AvgIpc) is 3.30. The molecule has 3 heterocycles. The van der Waals surface area contributed by atoms with E-state index in [0.29, 0.717) is 19.1 Å². The van der Waals surface area contributed by atoms with Crippen molar-refractivity contribution in [3.05, 3.63) is 48.5 Å². The lowest BCUT2D eigenvalue weighted by Crippen LogP contribution is -2.41. The van der Waals surface area contributed by atoms with Crippen molar-refractivity contribution >= 4 is 22.5 Å². The van der Waals surface area contributed by atoms with Gasteiger partial charge in [-0.15, -0.1) is 0 Å². The lowest BCUT2D eigenvalue weighted by Gasteiger charge is -2.23. The maximum absolute atomic E-state index is 12.5. The largest absolute Gasteiger partial charge is 0.494 e. The van der Waals surface area contributed by atoms with Crippen molar-refractivity contribution in [2.75, 3.05) is 51.3 Å². The summed E-state index contributed by atoms with van der Waals surface area (Å²) >= 11 is 0. The predicted molar refractivity (Wildman–Crippen MR) is 135 cm³/mol. The highest BCUT2D eigenvalue weighted by molar-refractivity contribution is 5.95. The Morgan fingerprint density at radius 3 is 2.68 bits per heavy atom. The third kappa shape index (κ3) is 4.53. The monoisotopic (exact) mass is 460 g/mol. The Morgan fingerprint density at radius 1 is 1.09 bits per heavy atom. The molecule has 2 saturated heterocycles. The first-order valence-corrected chi connectivity index (χ1v) is 12.1. The van der Waals surface area contributed by atoms with E-state index in [1.54, 1.807) is 0 Å². The molecule has 5 rings (SSSR count). The summed E-state index contributed by atoms with van der Waals surface area (Å²) in [6, 6.07) is 16.3. The Bertz CT molecular complexity index is 1160. The van der Waals surface area contributed by atoms with Gasteiger partial charge in [-0.05, 0) is 68.8 Å². The Kier molecular flexibility index (Phi) is 6.54. The molecule has 0 spiro atoms. The number of aromatic nitrogens is 1. The van der Waals surface area contributed by atoms with Crippen LogP contribution in [0.25, 0.3) is 22.2 Å². The van der Waals surface area contributed by atoms with Gasteiger partial charge in [0.1, 0.15) is 18.1 Å². The molecule has 2 aliphatic rings. The molecule has 2 aliphatic heterocycles. The summed E-state index contributed by atoms with van der Waals surface area (Å²) in [5.41, 5.74) is 3.95. The summed E-state index contributed by atoms with van der Waals surface area (Å²) in [6.07, 6.45) is 1.03. The second-order valence-corrected chi connectivity index (χ2v) is 8.97. The fourth-order valence-corrected chi connectivity index (χ4v) is 5.02. The lowest BCUT2D eigenvalue weighted by molar-refractivity contribution is -0.127. The van der Waals surface area contributed by atoms with Crippen molar-refractivity contribution < 1.29 is 14.3 Å². The van der Waals surface area contributed by atoms with Crippen molar-refractivity contribution in [2.45, 2.75) is 13.3 Å². The van der Waals surface area contributed by atoms with Crippen LogP contribution in [0, 0.1) is 11.8 Å². The summed E-state index contributed by atoms with van der Waals surface area (Å²) in [5, 5.41) is 7.20. The molecule has 2 aromatic carbocycles. The van der Waals surface area contributed by atoms with E-state index in [1.807, 2.05) is 38.2 Å². The number of pyridine rings is 1. The summed E-state index contributed by atoms with van der Waals surface area (Å²) in [4.78, 5) is 19.8. The number of rotatable bonds is 8. The van der Waals surface area contributed by atoms with E-state index in [2.05, 4.69) is 39.8 Å². The maximum atomic E-state index is 12.5. The third-order valence-electron chi connectivity index (χ3n) is 6.77. The van der Waals surface area contributed by atoms with Crippen molar-refractivity contribution in [2.24, 2.45) is 11.8 Å². The van der Waals surface area contributed by atoms with Crippen LogP contribution in [-0.4, -0.2) is 57.3 Å². The number of carbonyl (C=O) groups excluding carboxylic acids is 1. The number of likely N-dealkylation sites (N-methyl/N-ethyl adjacent to an activating group) is 1. The predicted octanol–water partition coefficient (Wildman–Crippen LogP) is 3.47. The first kappa shape index (κ1) is 22.5. The van der Waals surface area contributed by atoms with Crippen molar-refractivity contribution in [3.63, 3.8) is 0 Å². The number of anilines is 1. The molecule has 2 fully saturated rings. The van der Waals surface area contributed by atoms with Crippen LogP contribution >= 0.6 is 0 Å². The molecule has 0 radical (unpaired) electrons. The summed E-state index contributed by atoms with van der Waals surface area (Å²) in [5.74, 6) is 2.29. The highest BCUT2D eigenvalue weighted by atomic mass is 16.5. The quantitative estimate of drug-likeness (QED) is 0.502. The van der Waals surface area contributed by atoms with Gasteiger partial charge < -0.3 is 25.0 Å². The normalized spacial score (nSPS) is 19.7. The second kappa shape index (κ2) is 9.89. The molecule has 0 saturated carbocycles. The molecule has 7 nitrogen and oxygen atoms in total. The standard InChI is InChI=1S/C27H32N4O3/c1-3-33-21-8-9-22-25(14-21)30-24(18-4-6-20(7-5-18)34-13-12-28-2)15-26(22)31-16-19-10-11-29-27(32)23(19)17-31/h4-9,14-15,19,23,28H,3,10-13,16-17H2,1-2H3,(H,29,32). The lowest BCUT2D eigenvalue weighted by atomic mass is 9.89. The fraction of sp³-hybridized carbons (Fsp3) is 0.407. The Balaban J connectivity index is 1.51. The van der Waals surface area contributed by atoms with E-state index in [0.717, 1.165) is 71.9 Å².